The van der Waals surface area contributed by atoms with Gasteiger partial charge in [-0.05, 0) is 107 Å². The van der Waals surface area contributed by atoms with Crippen molar-refractivity contribution >= 4 is 69.1 Å². The van der Waals surface area contributed by atoms with Gasteiger partial charge in [0.25, 0.3) is 5.91 Å². The Kier molecular flexibility index (Phi) is 10.5. The van der Waals surface area contributed by atoms with Crippen LogP contribution in [0.4, 0.5) is 5.69 Å². The molecule has 10 nitrogen and oxygen atoms in total. The molecule has 4 rings (SSSR count). The Labute approximate surface area is 260 Å². The Morgan fingerprint density at radius 3 is 2.38 bits per heavy atom. The van der Waals surface area contributed by atoms with Crippen LogP contribution in [0.2, 0.25) is 0 Å². The third kappa shape index (κ3) is 7.62. The van der Waals surface area contributed by atoms with E-state index in [9.17, 15) is 19.5 Å². The molecule has 1 N–H and O–H groups in total. The molecule has 1 amide bonds. The highest BCUT2D eigenvalue weighted by Crippen LogP contribution is 2.38. The number of rotatable bonds is 11. The first-order valence-corrected chi connectivity index (χ1v) is 14.5. The summed E-state index contributed by atoms with van der Waals surface area (Å²) in [5.41, 5.74) is 2.23. The molecule has 218 valence electrons. The summed E-state index contributed by atoms with van der Waals surface area (Å²) in [6.07, 6.45) is 1.74. The number of halogens is 1. The highest BCUT2D eigenvalue weighted by atomic mass is 127. The van der Waals surface area contributed by atoms with Gasteiger partial charge in [-0.2, -0.15) is 0 Å². The number of ether oxygens (including phenoxy) is 4. The summed E-state index contributed by atoms with van der Waals surface area (Å²) in [5, 5.41) is 9.70. The van der Waals surface area contributed by atoms with Crippen molar-refractivity contribution in [2.45, 2.75) is 13.5 Å². The maximum Gasteiger partial charge on any atom is 0.344 e. The van der Waals surface area contributed by atoms with Crippen molar-refractivity contribution < 1.29 is 38.4 Å². The van der Waals surface area contributed by atoms with E-state index < -0.39 is 11.9 Å². The SMILES string of the molecule is CCOC(=O)COc1c(I)cc(/C=C2\SC(=Nc3ccc(OC)cc3)N(Cc3ccc(C(=O)O)cc3)C2=O)cc1OC. The summed E-state index contributed by atoms with van der Waals surface area (Å²) in [5.74, 6) is -0.294. The lowest BCUT2D eigenvalue weighted by Crippen LogP contribution is -2.28. The first-order valence-electron chi connectivity index (χ1n) is 12.6. The Morgan fingerprint density at radius 2 is 1.76 bits per heavy atom. The van der Waals surface area contributed by atoms with Crippen molar-refractivity contribution in [1.29, 1.82) is 0 Å². The van der Waals surface area contributed by atoms with E-state index in [0.29, 0.717) is 42.1 Å². The molecule has 3 aromatic rings. The Morgan fingerprint density at radius 1 is 1.05 bits per heavy atom. The molecular formula is C30H27IN2O8S. The van der Waals surface area contributed by atoms with Crippen molar-refractivity contribution in [3.63, 3.8) is 0 Å². The molecule has 0 bridgehead atoms. The zero-order valence-electron chi connectivity index (χ0n) is 23.0. The van der Waals surface area contributed by atoms with Crippen LogP contribution in [0.3, 0.4) is 0 Å². The number of esters is 1. The van der Waals surface area contributed by atoms with Gasteiger partial charge in [0.2, 0.25) is 0 Å². The minimum absolute atomic E-state index is 0.159. The number of nitrogens with zero attached hydrogens (tertiary/aromatic N) is 2. The predicted octanol–water partition coefficient (Wildman–Crippen LogP) is 5.75. The maximum atomic E-state index is 13.7. The lowest BCUT2D eigenvalue weighted by atomic mass is 10.1. The van der Waals surface area contributed by atoms with Crippen LogP contribution in [0.1, 0.15) is 28.4 Å². The van der Waals surface area contributed by atoms with E-state index in [-0.39, 0.29) is 31.2 Å². The van der Waals surface area contributed by atoms with Crippen molar-refractivity contribution in [1.82, 2.24) is 4.90 Å². The van der Waals surface area contributed by atoms with E-state index in [1.54, 1.807) is 67.5 Å². The molecule has 1 saturated heterocycles. The number of hydrogen-bond donors (Lipinski definition) is 1. The van der Waals surface area contributed by atoms with E-state index in [0.717, 1.165) is 5.56 Å². The Bertz CT molecular complexity index is 1540. The topological polar surface area (TPSA) is 124 Å². The van der Waals surface area contributed by atoms with E-state index in [1.807, 2.05) is 6.07 Å². The zero-order chi connectivity index (χ0) is 30.2. The Hall–Kier alpha value is -4.04. The predicted molar refractivity (Wildman–Crippen MR) is 167 cm³/mol. The monoisotopic (exact) mass is 702 g/mol. The smallest absolute Gasteiger partial charge is 0.344 e. The zero-order valence-corrected chi connectivity index (χ0v) is 25.9. The molecular weight excluding hydrogens is 675 g/mol. The summed E-state index contributed by atoms with van der Waals surface area (Å²) in [4.78, 5) is 43.4. The molecule has 12 heteroatoms. The summed E-state index contributed by atoms with van der Waals surface area (Å²) >= 11 is 3.31. The Balaban J connectivity index is 1.66. The van der Waals surface area contributed by atoms with Gasteiger partial charge >= 0.3 is 11.9 Å². The number of hydrogen-bond acceptors (Lipinski definition) is 9. The van der Waals surface area contributed by atoms with Gasteiger partial charge < -0.3 is 24.1 Å². The number of carbonyl (C=O) groups is 3. The number of carboxylic acids is 1. The molecule has 0 unspecified atom stereocenters. The van der Waals surface area contributed by atoms with Crippen LogP contribution >= 0.6 is 34.4 Å². The third-order valence-electron chi connectivity index (χ3n) is 5.92. The quantitative estimate of drug-likeness (QED) is 0.151. The van der Waals surface area contributed by atoms with Crippen LogP contribution in [0, 0.1) is 3.57 Å². The van der Waals surface area contributed by atoms with Crippen molar-refractivity contribution in [3.05, 3.63) is 85.8 Å². The maximum absolute atomic E-state index is 13.7. The number of aliphatic imine (C=N–C) groups is 1. The second-order valence-electron chi connectivity index (χ2n) is 8.72. The summed E-state index contributed by atoms with van der Waals surface area (Å²) in [7, 11) is 3.07. The average molecular weight is 703 g/mol. The lowest BCUT2D eigenvalue weighted by molar-refractivity contribution is -0.145. The fraction of sp³-hybridized carbons (Fsp3) is 0.200. The normalized spacial score (nSPS) is 14.8. The largest absolute Gasteiger partial charge is 0.497 e. The van der Waals surface area contributed by atoms with Crippen molar-refractivity contribution in [2.75, 3.05) is 27.4 Å². The molecule has 1 fully saturated rings. The number of carboxylic acid groups (broad SMARTS) is 1. The van der Waals surface area contributed by atoms with Gasteiger partial charge in [-0.1, -0.05) is 12.1 Å². The summed E-state index contributed by atoms with van der Waals surface area (Å²) < 4.78 is 22.0. The van der Waals surface area contributed by atoms with Gasteiger partial charge in [0, 0.05) is 0 Å². The minimum Gasteiger partial charge on any atom is -0.497 e. The minimum atomic E-state index is -1.02. The molecule has 1 aliphatic rings. The van der Waals surface area contributed by atoms with Gasteiger partial charge in [-0.15, -0.1) is 0 Å². The molecule has 0 spiro atoms. The molecule has 0 atom stereocenters. The van der Waals surface area contributed by atoms with Crippen LogP contribution in [0.5, 0.6) is 17.2 Å². The van der Waals surface area contributed by atoms with Gasteiger partial charge in [-0.25, -0.2) is 14.6 Å². The molecule has 1 aliphatic heterocycles. The molecule has 1 heterocycles. The molecule has 42 heavy (non-hydrogen) atoms. The lowest BCUT2D eigenvalue weighted by Gasteiger charge is -2.16. The number of amides is 1. The first-order chi connectivity index (χ1) is 20.2. The van der Waals surface area contributed by atoms with Gasteiger partial charge in [0.15, 0.2) is 23.3 Å². The first kappa shape index (κ1) is 30.9. The van der Waals surface area contributed by atoms with Crippen LogP contribution in [-0.2, 0) is 20.9 Å². The second kappa shape index (κ2) is 14.2. The van der Waals surface area contributed by atoms with Gasteiger partial charge in [0.1, 0.15) is 5.75 Å². The fourth-order valence-corrected chi connectivity index (χ4v) is 5.66. The highest BCUT2D eigenvalue weighted by molar-refractivity contribution is 14.1. The molecule has 0 aliphatic carbocycles. The number of thioether (sulfide) groups is 1. The summed E-state index contributed by atoms with van der Waals surface area (Å²) in [6, 6.07) is 17.0. The fourth-order valence-electron chi connectivity index (χ4n) is 3.88. The van der Waals surface area contributed by atoms with Crippen LogP contribution in [-0.4, -0.2) is 60.5 Å². The average Bonchev–Trinajstić information content (AvgIpc) is 3.25. The molecule has 0 saturated carbocycles. The van der Waals surface area contributed by atoms with Crippen LogP contribution in [0.15, 0.2) is 70.6 Å². The van der Waals surface area contributed by atoms with E-state index >= 15 is 0 Å². The number of amidine groups is 1. The number of methoxy groups -OCH3 is 2. The highest BCUT2D eigenvalue weighted by Gasteiger charge is 2.33. The molecule has 0 radical (unpaired) electrons. The van der Waals surface area contributed by atoms with Crippen LogP contribution in [0.25, 0.3) is 6.08 Å². The van der Waals surface area contributed by atoms with Crippen molar-refractivity contribution in [2.24, 2.45) is 4.99 Å². The third-order valence-corrected chi connectivity index (χ3v) is 7.72. The van der Waals surface area contributed by atoms with E-state index in [4.69, 9.17) is 23.9 Å². The standard InChI is InChI=1S/C30H27IN2O8S/c1-4-40-26(34)17-41-27-23(31)13-19(14-24(27)39-3)15-25-28(35)33(16-18-5-7-20(8-6-18)29(36)37)30(42-25)32-21-9-11-22(38-2)12-10-21/h5-15H,4,16-17H2,1-3H3,(H,36,37)/b25-15-,32-30?. The number of benzene rings is 3. The number of aromatic carboxylic acids is 1. The van der Waals surface area contributed by atoms with E-state index in [1.165, 1.54) is 31.0 Å². The molecule has 0 aromatic heterocycles. The molecule has 3 aromatic carbocycles. The van der Waals surface area contributed by atoms with Crippen LogP contribution < -0.4 is 14.2 Å². The van der Waals surface area contributed by atoms with E-state index in [2.05, 4.69) is 22.6 Å². The van der Waals surface area contributed by atoms with Gasteiger partial charge in [0.05, 0.1) is 47.1 Å². The number of carbonyl (C=O) groups excluding carboxylic acids is 2. The van der Waals surface area contributed by atoms with Crippen molar-refractivity contribution in [3.8, 4) is 17.2 Å². The second-order valence-corrected chi connectivity index (χ2v) is 10.9. The van der Waals surface area contributed by atoms with Gasteiger partial charge in [-0.3, -0.25) is 9.69 Å². The summed E-state index contributed by atoms with van der Waals surface area (Å²) in [6.45, 7) is 1.90.